The number of sulfonamides is 1. The van der Waals surface area contributed by atoms with E-state index >= 15 is 0 Å². The summed E-state index contributed by atoms with van der Waals surface area (Å²) in [7, 11) is -3.82. The number of rotatable bonds is 5. The van der Waals surface area contributed by atoms with Gasteiger partial charge in [-0.25, -0.2) is 12.8 Å². The topological polar surface area (TPSA) is 49.4 Å². The molecule has 1 aliphatic heterocycles. The highest BCUT2D eigenvalue weighted by atomic mass is 79.9. The van der Waals surface area contributed by atoms with E-state index in [-0.39, 0.29) is 15.4 Å². The van der Waals surface area contributed by atoms with Gasteiger partial charge in [0.25, 0.3) is 0 Å². The zero-order chi connectivity index (χ0) is 15.5. The first-order valence-corrected chi connectivity index (χ1v) is 9.38. The maximum atomic E-state index is 14.2. The number of nitrogens with one attached hydrogen (secondary N) is 1. The SMILES string of the molecule is CCCN(C1CCNCC1)S(=O)(=O)c1cccc(Br)c1F. The second-order valence-corrected chi connectivity index (χ2v) is 7.86. The Balaban J connectivity index is 2.39. The molecule has 0 radical (unpaired) electrons. The predicted octanol–water partition coefficient (Wildman–Crippen LogP) is 2.74. The van der Waals surface area contributed by atoms with Crippen LogP contribution in [0.5, 0.6) is 0 Å². The van der Waals surface area contributed by atoms with Crippen molar-refractivity contribution in [2.75, 3.05) is 19.6 Å². The van der Waals surface area contributed by atoms with Gasteiger partial charge in [-0.15, -0.1) is 0 Å². The lowest BCUT2D eigenvalue weighted by molar-refractivity contribution is 0.261. The molecule has 0 bridgehead atoms. The molecule has 0 saturated carbocycles. The molecule has 0 unspecified atom stereocenters. The molecule has 4 nitrogen and oxygen atoms in total. The lowest BCUT2D eigenvalue weighted by Crippen LogP contribution is -2.46. The minimum absolute atomic E-state index is 0.0606. The Hall–Kier alpha value is -0.500. The Labute approximate surface area is 133 Å². The quantitative estimate of drug-likeness (QED) is 0.856. The smallest absolute Gasteiger partial charge is 0.246 e. The molecule has 2 rings (SSSR count). The number of hydrogen-bond donors (Lipinski definition) is 1. The first-order chi connectivity index (χ1) is 9.98. The fraction of sp³-hybridized carbons (Fsp3) is 0.571. The molecule has 0 atom stereocenters. The molecule has 1 aromatic carbocycles. The maximum Gasteiger partial charge on any atom is 0.246 e. The summed E-state index contributed by atoms with van der Waals surface area (Å²) in [6, 6.07) is 4.32. The van der Waals surface area contributed by atoms with Crippen molar-refractivity contribution in [2.24, 2.45) is 0 Å². The van der Waals surface area contributed by atoms with Crippen molar-refractivity contribution >= 4 is 26.0 Å². The van der Waals surface area contributed by atoms with Crippen LogP contribution in [0, 0.1) is 5.82 Å². The summed E-state index contributed by atoms with van der Waals surface area (Å²) in [4.78, 5) is -0.246. The van der Waals surface area contributed by atoms with Gasteiger partial charge in [-0.3, -0.25) is 0 Å². The van der Waals surface area contributed by atoms with Gasteiger partial charge >= 0.3 is 0 Å². The first kappa shape index (κ1) is 16.9. The van der Waals surface area contributed by atoms with Gasteiger partial charge in [0, 0.05) is 12.6 Å². The van der Waals surface area contributed by atoms with E-state index in [2.05, 4.69) is 21.2 Å². The van der Waals surface area contributed by atoms with Crippen LogP contribution in [0.2, 0.25) is 0 Å². The molecule has 21 heavy (non-hydrogen) atoms. The Morgan fingerprint density at radius 1 is 1.38 bits per heavy atom. The highest BCUT2D eigenvalue weighted by molar-refractivity contribution is 9.10. The lowest BCUT2D eigenvalue weighted by atomic mass is 10.1. The number of halogens is 2. The van der Waals surface area contributed by atoms with Gasteiger partial charge in [0.1, 0.15) is 4.90 Å². The molecule has 118 valence electrons. The molecule has 0 aliphatic carbocycles. The van der Waals surface area contributed by atoms with Gasteiger partial charge in [-0.1, -0.05) is 13.0 Å². The van der Waals surface area contributed by atoms with E-state index in [1.807, 2.05) is 6.92 Å². The molecule has 1 saturated heterocycles. The molecule has 7 heteroatoms. The largest absolute Gasteiger partial charge is 0.317 e. The summed E-state index contributed by atoms with van der Waals surface area (Å²) < 4.78 is 41.5. The summed E-state index contributed by atoms with van der Waals surface area (Å²) in [5.74, 6) is -0.715. The molecule has 1 aliphatic rings. The van der Waals surface area contributed by atoms with Gasteiger partial charge in [-0.05, 0) is 60.4 Å². The van der Waals surface area contributed by atoms with E-state index in [1.165, 1.54) is 16.4 Å². The lowest BCUT2D eigenvalue weighted by Gasteiger charge is -2.33. The van der Waals surface area contributed by atoms with E-state index in [4.69, 9.17) is 0 Å². The normalized spacial score (nSPS) is 17.3. The first-order valence-electron chi connectivity index (χ1n) is 7.15. The third-order valence-corrected chi connectivity index (χ3v) is 6.24. The van der Waals surface area contributed by atoms with Crippen molar-refractivity contribution in [3.05, 3.63) is 28.5 Å². The van der Waals surface area contributed by atoms with Crippen molar-refractivity contribution in [1.29, 1.82) is 0 Å². The summed E-state index contributed by atoms with van der Waals surface area (Å²) in [5.41, 5.74) is 0. The molecule has 0 amide bonds. The van der Waals surface area contributed by atoms with Crippen LogP contribution in [0.1, 0.15) is 26.2 Å². The van der Waals surface area contributed by atoms with Crippen LogP contribution in [-0.2, 0) is 10.0 Å². The van der Waals surface area contributed by atoms with Crippen LogP contribution in [-0.4, -0.2) is 38.4 Å². The van der Waals surface area contributed by atoms with E-state index in [1.54, 1.807) is 6.07 Å². The van der Waals surface area contributed by atoms with E-state index in [0.717, 1.165) is 25.9 Å². The fourth-order valence-electron chi connectivity index (χ4n) is 2.62. The molecule has 0 spiro atoms. The van der Waals surface area contributed by atoms with E-state index in [9.17, 15) is 12.8 Å². The van der Waals surface area contributed by atoms with Gasteiger partial charge in [0.15, 0.2) is 5.82 Å². The molecule has 1 heterocycles. The average Bonchev–Trinajstić information content (AvgIpc) is 2.48. The zero-order valence-corrected chi connectivity index (χ0v) is 14.4. The fourth-order valence-corrected chi connectivity index (χ4v) is 4.99. The molecule has 1 aromatic rings. The Bertz CT molecular complexity index is 589. The number of hydrogen-bond acceptors (Lipinski definition) is 3. The molecular weight excluding hydrogens is 359 g/mol. The second kappa shape index (κ2) is 7.17. The van der Waals surface area contributed by atoms with Crippen molar-refractivity contribution in [3.8, 4) is 0 Å². The van der Waals surface area contributed by atoms with Crippen LogP contribution in [0.25, 0.3) is 0 Å². The van der Waals surface area contributed by atoms with Gasteiger partial charge in [0.05, 0.1) is 4.47 Å². The van der Waals surface area contributed by atoms with Gasteiger partial charge in [0.2, 0.25) is 10.0 Å². The second-order valence-electron chi connectivity index (χ2n) is 5.15. The Morgan fingerprint density at radius 2 is 2.05 bits per heavy atom. The number of piperidine rings is 1. The van der Waals surface area contributed by atoms with E-state index in [0.29, 0.717) is 13.0 Å². The van der Waals surface area contributed by atoms with Crippen molar-refractivity contribution in [3.63, 3.8) is 0 Å². The maximum absolute atomic E-state index is 14.2. The van der Waals surface area contributed by atoms with Crippen LogP contribution >= 0.6 is 15.9 Å². The highest BCUT2D eigenvalue weighted by Gasteiger charge is 2.33. The zero-order valence-electron chi connectivity index (χ0n) is 12.0. The van der Waals surface area contributed by atoms with Crippen LogP contribution in [0.3, 0.4) is 0 Å². The monoisotopic (exact) mass is 378 g/mol. The Kier molecular flexibility index (Phi) is 5.76. The highest BCUT2D eigenvalue weighted by Crippen LogP contribution is 2.28. The number of nitrogens with zero attached hydrogens (tertiary/aromatic N) is 1. The molecule has 1 fully saturated rings. The minimum Gasteiger partial charge on any atom is -0.317 e. The molecule has 0 aromatic heterocycles. The minimum atomic E-state index is -3.82. The summed E-state index contributed by atoms with van der Waals surface area (Å²) in [5, 5.41) is 3.22. The third-order valence-electron chi connectivity index (χ3n) is 3.66. The standard InChI is InChI=1S/C14H20BrFN2O2S/c1-2-10-18(11-6-8-17-9-7-11)21(19,20)13-5-3-4-12(15)14(13)16/h3-5,11,17H,2,6-10H2,1H3. The van der Waals surface area contributed by atoms with Gasteiger partial charge in [-0.2, -0.15) is 4.31 Å². The third kappa shape index (κ3) is 3.64. The van der Waals surface area contributed by atoms with Crippen molar-refractivity contribution in [1.82, 2.24) is 9.62 Å². The van der Waals surface area contributed by atoms with Crippen LogP contribution in [0.15, 0.2) is 27.6 Å². The summed E-state index contributed by atoms with van der Waals surface area (Å²) in [6.07, 6.45) is 2.22. The predicted molar refractivity (Wildman–Crippen MR) is 84.2 cm³/mol. The summed E-state index contributed by atoms with van der Waals surface area (Å²) in [6.45, 7) is 3.93. The molecule has 1 N–H and O–H groups in total. The Morgan fingerprint density at radius 3 is 2.67 bits per heavy atom. The average molecular weight is 379 g/mol. The van der Waals surface area contributed by atoms with Crippen molar-refractivity contribution in [2.45, 2.75) is 37.1 Å². The number of benzene rings is 1. The van der Waals surface area contributed by atoms with Crippen molar-refractivity contribution < 1.29 is 12.8 Å². The molecular formula is C14H20BrFN2O2S. The van der Waals surface area contributed by atoms with E-state index < -0.39 is 15.8 Å². The van der Waals surface area contributed by atoms with Gasteiger partial charge < -0.3 is 5.32 Å². The van der Waals surface area contributed by atoms with Crippen LogP contribution in [0.4, 0.5) is 4.39 Å². The van der Waals surface area contributed by atoms with Crippen LogP contribution < -0.4 is 5.32 Å². The summed E-state index contributed by atoms with van der Waals surface area (Å²) >= 11 is 3.05.